The number of aliphatic imine (C=N–C) groups is 1. The van der Waals surface area contributed by atoms with Gasteiger partial charge in [-0.25, -0.2) is 4.98 Å². The lowest BCUT2D eigenvalue weighted by Crippen LogP contribution is -2.35. The average molecular weight is 439 g/mol. The summed E-state index contributed by atoms with van der Waals surface area (Å²) in [5.74, 6) is 0.566. The van der Waals surface area contributed by atoms with Crippen LogP contribution < -0.4 is 0 Å². The summed E-state index contributed by atoms with van der Waals surface area (Å²) in [7, 11) is 0. The largest absolute Gasteiger partial charge is 0.337 e. The van der Waals surface area contributed by atoms with E-state index in [9.17, 15) is 4.79 Å². The Morgan fingerprint density at radius 3 is 2.67 bits per heavy atom. The third kappa shape index (κ3) is 4.58. The normalized spacial score (nSPS) is 17.1. The first-order valence-electron chi connectivity index (χ1n) is 11.8. The van der Waals surface area contributed by atoms with Crippen molar-refractivity contribution in [1.82, 2.24) is 14.9 Å². The van der Waals surface area contributed by atoms with Crippen molar-refractivity contribution >= 4 is 11.6 Å². The van der Waals surface area contributed by atoms with Crippen molar-refractivity contribution in [1.29, 1.82) is 0 Å². The third-order valence-corrected chi connectivity index (χ3v) is 6.81. The predicted octanol–water partition coefficient (Wildman–Crippen LogP) is 5.62. The van der Waals surface area contributed by atoms with Gasteiger partial charge in [-0.05, 0) is 68.7 Å². The maximum Gasteiger partial charge on any atom is 0.274 e. The summed E-state index contributed by atoms with van der Waals surface area (Å²) >= 11 is 0. The molecule has 5 rings (SSSR count). The number of amides is 1. The van der Waals surface area contributed by atoms with Crippen LogP contribution in [0.15, 0.2) is 70.7 Å². The van der Waals surface area contributed by atoms with Gasteiger partial charge in [0.1, 0.15) is 5.69 Å². The van der Waals surface area contributed by atoms with Crippen LogP contribution in [0.25, 0.3) is 11.3 Å². The summed E-state index contributed by atoms with van der Waals surface area (Å²) in [5, 5.41) is 0. The van der Waals surface area contributed by atoms with Crippen LogP contribution in [-0.2, 0) is 0 Å². The summed E-state index contributed by atoms with van der Waals surface area (Å²) in [6.07, 6.45) is 13.7. The van der Waals surface area contributed by atoms with Gasteiger partial charge in [0.05, 0.1) is 5.71 Å². The Morgan fingerprint density at radius 1 is 1.06 bits per heavy atom. The zero-order chi connectivity index (χ0) is 22.9. The first-order chi connectivity index (χ1) is 16.0. The van der Waals surface area contributed by atoms with Crippen molar-refractivity contribution < 1.29 is 4.79 Å². The highest BCUT2D eigenvalue weighted by atomic mass is 16.2. The van der Waals surface area contributed by atoms with E-state index in [4.69, 9.17) is 0 Å². The van der Waals surface area contributed by atoms with Gasteiger partial charge in [0.2, 0.25) is 0 Å². The molecule has 1 amide bonds. The molecule has 0 radical (unpaired) electrons. The molecule has 1 aliphatic heterocycles. The Bertz CT molecular complexity index is 1230. The maximum atomic E-state index is 13.7. The van der Waals surface area contributed by atoms with E-state index in [-0.39, 0.29) is 5.91 Å². The van der Waals surface area contributed by atoms with Crippen molar-refractivity contribution in [2.45, 2.75) is 46.5 Å². The fourth-order valence-corrected chi connectivity index (χ4v) is 4.46. The van der Waals surface area contributed by atoms with Crippen molar-refractivity contribution in [3.63, 3.8) is 0 Å². The molecule has 0 N–H and O–H groups in total. The fourth-order valence-electron chi connectivity index (χ4n) is 4.46. The van der Waals surface area contributed by atoms with Crippen LogP contribution in [0.3, 0.4) is 0 Å². The van der Waals surface area contributed by atoms with Gasteiger partial charge in [-0.3, -0.25) is 14.8 Å². The molecule has 2 aromatic rings. The highest BCUT2D eigenvalue weighted by Gasteiger charge is 2.30. The number of hydrogen-bond acceptors (Lipinski definition) is 4. The molecular weight excluding hydrogens is 408 g/mol. The van der Waals surface area contributed by atoms with Crippen LogP contribution in [0, 0.1) is 19.8 Å². The average Bonchev–Trinajstić information content (AvgIpc) is 3.56. The van der Waals surface area contributed by atoms with Gasteiger partial charge >= 0.3 is 0 Å². The summed E-state index contributed by atoms with van der Waals surface area (Å²) in [6, 6.07) is 6.20. The Balaban J connectivity index is 1.38. The molecule has 1 aromatic heterocycles. The summed E-state index contributed by atoms with van der Waals surface area (Å²) in [5.41, 5.74) is 9.37. The Morgan fingerprint density at radius 2 is 1.88 bits per heavy atom. The zero-order valence-electron chi connectivity index (χ0n) is 19.6. The lowest BCUT2D eigenvalue weighted by atomic mass is 9.92. The van der Waals surface area contributed by atoms with Crippen LogP contribution in [0.1, 0.15) is 54.2 Å². The predicted molar refractivity (Wildman–Crippen MR) is 132 cm³/mol. The van der Waals surface area contributed by atoms with E-state index in [2.05, 4.69) is 60.0 Å². The monoisotopic (exact) mass is 438 g/mol. The molecule has 0 atom stereocenters. The Hall–Kier alpha value is -3.34. The topological polar surface area (TPSA) is 58.5 Å². The van der Waals surface area contributed by atoms with Crippen LogP contribution >= 0.6 is 0 Å². The molecule has 1 fully saturated rings. The van der Waals surface area contributed by atoms with Crippen molar-refractivity contribution in [3.05, 3.63) is 82.5 Å². The lowest BCUT2D eigenvalue weighted by molar-refractivity contribution is 0.0744. The number of carbonyl (C=O) groups is 1. The first-order valence-corrected chi connectivity index (χ1v) is 11.8. The second-order valence-corrected chi connectivity index (χ2v) is 9.50. The van der Waals surface area contributed by atoms with Crippen LogP contribution in [0.5, 0.6) is 0 Å². The zero-order valence-corrected chi connectivity index (χ0v) is 19.6. The molecule has 0 unspecified atom stereocenters. The van der Waals surface area contributed by atoms with Gasteiger partial charge in [-0.1, -0.05) is 29.9 Å². The number of aromatic nitrogens is 2. The molecule has 0 saturated heterocycles. The van der Waals surface area contributed by atoms with Gasteiger partial charge in [-0.2, -0.15) is 0 Å². The maximum absolute atomic E-state index is 13.7. The van der Waals surface area contributed by atoms with Crippen LogP contribution in [0.2, 0.25) is 0 Å². The van der Waals surface area contributed by atoms with Gasteiger partial charge in [-0.15, -0.1) is 0 Å². The number of rotatable bonds is 7. The molecule has 168 valence electrons. The highest BCUT2D eigenvalue weighted by Crippen LogP contribution is 2.33. The van der Waals surface area contributed by atoms with Crippen molar-refractivity contribution in [3.8, 4) is 11.3 Å². The minimum atomic E-state index is -0.0312. The molecule has 0 bridgehead atoms. The standard InChI is InChI=1S/C28H30N4O/c1-18-4-9-24-23(16-31-25(24)14-18)10-13-32(17-21-6-7-21)28(33)27-26(29-11-12-30-27)22-8-5-19(2)20(3)15-22/h4-5,8-9,11-12,15-16,21H,6-7,10,13-14,17H2,1-3H3. The van der Waals surface area contributed by atoms with Gasteiger partial charge < -0.3 is 4.90 Å². The van der Waals surface area contributed by atoms with Crippen LogP contribution in [-0.4, -0.2) is 39.6 Å². The summed E-state index contributed by atoms with van der Waals surface area (Å²) < 4.78 is 0. The molecular formula is C28H30N4O. The SMILES string of the molecule is CC1=CC=C2C(CCN(CC3CC3)C(=O)c3nccnc3-c3ccc(C)c(C)c3)=CN=C2C1. The molecule has 5 nitrogen and oxygen atoms in total. The number of nitrogens with zero attached hydrogens (tertiary/aromatic N) is 4. The number of hydrogen-bond donors (Lipinski definition) is 0. The molecule has 2 aliphatic carbocycles. The molecule has 3 aliphatic rings. The van der Waals surface area contributed by atoms with Crippen LogP contribution in [0.4, 0.5) is 0 Å². The lowest BCUT2D eigenvalue weighted by Gasteiger charge is -2.24. The van der Waals surface area contributed by atoms with Gasteiger partial charge in [0, 0.05) is 49.2 Å². The van der Waals surface area contributed by atoms with Crippen molar-refractivity contribution in [2.75, 3.05) is 13.1 Å². The molecule has 2 heterocycles. The number of carbonyl (C=O) groups excluding carboxylic acids is 1. The molecule has 1 aromatic carbocycles. The highest BCUT2D eigenvalue weighted by molar-refractivity contribution is 6.08. The minimum absolute atomic E-state index is 0.0312. The first kappa shape index (κ1) is 21.5. The van der Waals surface area contributed by atoms with Gasteiger partial charge in [0.15, 0.2) is 5.69 Å². The smallest absolute Gasteiger partial charge is 0.274 e. The minimum Gasteiger partial charge on any atom is -0.337 e. The molecule has 5 heteroatoms. The Labute approximate surface area is 195 Å². The second kappa shape index (κ2) is 8.89. The fraction of sp³-hybridized carbons (Fsp3) is 0.357. The number of allylic oxidation sites excluding steroid dienone is 4. The van der Waals surface area contributed by atoms with Gasteiger partial charge in [0.25, 0.3) is 5.91 Å². The van der Waals surface area contributed by atoms with E-state index in [0.29, 0.717) is 23.9 Å². The summed E-state index contributed by atoms with van der Waals surface area (Å²) in [6.45, 7) is 7.74. The van der Waals surface area contributed by atoms with E-state index in [1.807, 2.05) is 17.2 Å². The molecule has 1 saturated carbocycles. The number of aryl methyl sites for hydroxylation is 2. The number of fused-ring (bicyclic) bond motifs is 1. The van der Waals surface area contributed by atoms with E-state index >= 15 is 0 Å². The van der Waals surface area contributed by atoms with E-state index < -0.39 is 0 Å². The number of benzene rings is 1. The quantitative estimate of drug-likeness (QED) is 0.564. The third-order valence-electron chi connectivity index (χ3n) is 6.81. The second-order valence-electron chi connectivity index (χ2n) is 9.50. The van der Waals surface area contributed by atoms with Crippen molar-refractivity contribution in [2.24, 2.45) is 10.9 Å². The summed E-state index contributed by atoms with van der Waals surface area (Å²) in [4.78, 5) is 29.4. The Kier molecular flexibility index (Phi) is 5.79. The molecule has 0 spiro atoms. The van der Waals surface area contributed by atoms with E-state index in [0.717, 1.165) is 30.7 Å². The van der Waals surface area contributed by atoms with E-state index in [1.165, 1.54) is 40.7 Å². The van der Waals surface area contributed by atoms with E-state index in [1.54, 1.807) is 12.4 Å². The molecule has 33 heavy (non-hydrogen) atoms.